The van der Waals surface area contributed by atoms with Gasteiger partial charge < -0.3 is 9.30 Å². The zero-order valence-corrected chi connectivity index (χ0v) is 11.2. The van der Waals surface area contributed by atoms with Crippen LogP contribution in [0.15, 0.2) is 36.8 Å². The van der Waals surface area contributed by atoms with Crippen LogP contribution in [-0.2, 0) is 12.8 Å². The zero-order valence-electron chi connectivity index (χ0n) is 11.2. The molecule has 0 aliphatic heterocycles. The minimum atomic E-state index is -4.36. The van der Waals surface area contributed by atoms with E-state index in [0.717, 1.165) is 12.1 Å². The van der Waals surface area contributed by atoms with Crippen LogP contribution in [0.25, 0.3) is 0 Å². The number of nitrogens with zero attached hydrogens (tertiary/aromatic N) is 2. The number of aromatic nitrogens is 2. The summed E-state index contributed by atoms with van der Waals surface area (Å²) in [7, 11) is 0. The fraction of sp³-hybridized carbons (Fsp3) is 0.357. The largest absolute Gasteiger partial charge is 0.487 e. The highest BCUT2D eigenvalue weighted by Crippen LogP contribution is 2.31. The molecule has 1 aromatic carbocycles. The van der Waals surface area contributed by atoms with Crippen LogP contribution in [0.5, 0.6) is 5.75 Å². The third-order valence-electron chi connectivity index (χ3n) is 2.80. The fourth-order valence-corrected chi connectivity index (χ4v) is 1.66. The summed E-state index contributed by atoms with van der Waals surface area (Å²) in [4.78, 5) is 4.14. The van der Waals surface area contributed by atoms with Crippen molar-refractivity contribution in [3.8, 4) is 5.75 Å². The minimum absolute atomic E-state index is 0.140. The third kappa shape index (κ3) is 3.53. The van der Waals surface area contributed by atoms with Crippen molar-refractivity contribution in [2.75, 3.05) is 0 Å². The number of hydrogen-bond acceptors (Lipinski definition) is 2. The van der Waals surface area contributed by atoms with Crippen LogP contribution >= 0.6 is 0 Å². The quantitative estimate of drug-likeness (QED) is 0.846. The van der Waals surface area contributed by atoms with Crippen molar-refractivity contribution in [3.05, 3.63) is 48.0 Å². The maximum atomic E-state index is 12.6. The Morgan fingerprint density at radius 3 is 2.65 bits per heavy atom. The predicted molar refractivity (Wildman–Crippen MR) is 68.4 cm³/mol. The van der Waals surface area contributed by atoms with Crippen molar-refractivity contribution in [1.29, 1.82) is 0 Å². The van der Waals surface area contributed by atoms with Crippen LogP contribution in [0.1, 0.15) is 31.1 Å². The van der Waals surface area contributed by atoms with Gasteiger partial charge in [-0.25, -0.2) is 4.98 Å². The Hall–Kier alpha value is -1.98. The van der Waals surface area contributed by atoms with Crippen molar-refractivity contribution in [2.45, 2.75) is 32.7 Å². The van der Waals surface area contributed by atoms with Gasteiger partial charge in [0.15, 0.2) is 0 Å². The molecule has 1 aromatic heterocycles. The Labute approximate surface area is 115 Å². The van der Waals surface area contributed by atoms with E-state index in [1.165, 1.54) is 12.1 Å². The molecule has 0 N–H and O–H groups in total. The van der Waals surface area contributed by atoms with E-state index in [2.05, 4.69) is 4.98 Å². The van der Waals surface area contributed by atoms with Gasteiger partial charge in [0.1, 0.15) is 12.4 Å². The zero-order chi connectivity index (χ0) is 14.8. The SMILES string of the molecule is CC(C)n1cnc(COc2cccc(C(F)(F)F)c2)c1. The summed E-state index contributed by atoms with van der Waals surface area (Å²) in [6.07, 6.45) is -0.869. The van der Waals surface area contributed by atoms with E-state index in [0.29, 0.717) is 5.69 Å². The molecule has 0 atom stereocenters. The monoisotopic (exact) mass is 284 g/mol. The molecule has 2 rings (SSSR count). The molecule has 0 aliphatic carbocycles. The second-order valence-corrected chi connectivity index (χ2v) is 4.72. The predicted octanol–water partition coefficient (Wildman–Crippen LogP) is 4.06. The Bertz CT molecular complexity index is 576. The first-order valence-corrected chi connectivity index (χ1v) is 6.18. The third-order valence-corrected chi connectivity index (χ3v) is 2.80. The van der Waals surface area contributed by atoms with Crippen LogP contribution in [0.4, 0.5) is 13.2 Å². The molecular weight excluding hydrogens is 269 g/mol. The average Bonchev–Trinajstić information content (AvgIpc) is 2.85. The Kier molecular flexibility index (Phi) is 4.01. The highest BCUT2D eigenvalue weighted by atomic mass is 19.4. The molecule has 0 fully saturated rings. The molecule has 0 saturated carbocycles. The van der Waals surface area contributed by atoms with Crippen LogP contribution in [0, 0.1) is 0 Å². The second kappa shape index (κ2) is 5.56. The van der Waals surface area contributed by atoms with Crippen molar-refractivity contribution in [1.82, 2.24) is 9.55 Å². The summed E-state index contributed by atoms with van der Waals surface area (Å²) < 4.78 is 44.9. The smallest absolute Gasteiger partial charge is 0.416 e. The maximum Gasteiger partial charge on any atom is 0.416 e. The Morgan fingerprint density at radius 2 is 2.05 bits per heavy atom. The standard InChI is InChI=1S/C14H15F3N2O/c1-10(2)19-7-12(18-9-19)8-20-13-5-3-4-11(6-13)14(15,16)17/h3-7,9-10H,8H2,1-2H3. The van der Waals surface area contributed by atoms with Gasteiger partial charge in [-0.2, -0.15) is 13.2 Å². The van der Waals surface area contributed by atoms with Crippen molar-refractivity contribution in [2.24, 2.45) is 0 Å². The first kappa shape index (κ1) is 14.4. The highest BCUT2D eigenvalue weighted by Gasteiger charge is 2.30. The molecule has 0 amide bonds. The summed E-state index contributed by atoms with van der Waals surface area (Å²) in [6.45, 7) is 4.17. The fourth-order valence-electron chi connectivity index (χ4n) is 1.66. The van der Waals surface area contributed by atoms with Crippen molar-refractivity contribution in [3.63, 3.8) is 0 Å². The lowest BCUT2D eigenvalue weighted by atomic mass is 10.2. The number of alkyl halides is 3. The maximum absolute atomic E-state index is 12.6. The van der Waals surface area contributed by atoms with E-state index < -0.39 is 11.7 Å². The minimum Gasteiger partial charge on any atom is -0.487 e. The lowest BCUT2D eigenvalue weighted by Gasteiger charge is -2.09. The summed E-state index contributed by atoms with van der Waals surface area (Å²) in [5.74, 6) is 0.180. The van der Waals surface area contributed by atoms with E-state index in [4.69, 9.17) is 4.74 Å². The van der Waals surface area contributed by atoms with Crippen LogP contribution in [0.3, 0.4) is 0 Å². The number of ether oxygens (including phenoxy) is 1. The van der Waals surface area contributed by atoms with Gasteiger partial charge >= 0.3 is 6.18 Å². The Balaban J connectivity index is 2.03. The molecule has 2 aromatic rings. The molecule has 6 heteroatoms. The lowest BCUT2D eigenvalue weighted by Crippen LogP contribution is -2.05. The van der Waals surface area contributed by atoms with Gasteiger partial charge in [-0.1, -0.05) is 6.07 Å². The summed E-state index contributed by atoms with van der Waals surface area (Å²) in [5, 5.41) is 0. The van der Waals surface area contributed by atoms with E-state index in [9.17, 15) is 13.2 Å². The number of rotatable bonds is 4. The van der Waals surface area contributed by atoms with Gasteiger partial charge in [0.05, 0.1) is 17.6 Å². The summed E-state index contributed by atoms with van der Waals surface area (Å²) >= 11 is 0. The van der Waals surface area contributed by atoms with Gasteiger partial charge in [0, 0.05) is 12.2 Å². The molecule has 0 radical (unpaired) electrons. The lowest BCUT2D eigenvalue weighted by molar-refractivity contribution is -0.137. The molecule has 0 bridgehead atoms. The van der Waals surface area contributed by atoms with E-state index >= 15 is 0 Å². The summed E-state index contributed by atoms with van der Waals surface area (Å²) in [6, 6.07) is 5.10. The highest BCUT2D eigenvalue weighted by molar-refractivity contribution is 5.30. The van der Waals surface area contributed by atoms with Gasteiger partial charge in [-0.05, 0) is 32.0 Å². The van der Waals surface area contributed by atoms with Crippen LogP contribution < -0.4 is 4.74 Å². The molecule has 0 spiro atoms. The summed E-state index contributed by atoms with van der Waals surface area (Å²) in [5.41, 5.74) is -0.0428. The van der Waals surface area contributed by atoms with Crippen molar-refractivity contribution < 1.29 is 17.9 Å². The number of benzene rings is 1. The van der Waals surface area contributed by atoms with E-state index in [1.807, 2.05) is 24.6 Å². The molecule has 20 heavy (non-hydrogen) atoms. The van der Waals surface area contributed by atoms with E-state index in [-0.39, 0.29) is 18.4 Å². The second-order valence-electron chi connectivity index (χ2n) is 4.72. The van der Waals surface area contributed by atoms with Crippen molar-refractivity contribution >= 4 is 0 Å². The first-order valence-electron chi connectivity index (χ1n) is 6.18. The van der Waals surface area contributed by atoms with Gasteiger partial charge in [0.25, 0.3) is 0 Å². The number of hydrogen-bond donors (Lipinski definition) is 0. The molecular formula is C14H15F3N2O. The first-order chi connectivity index (χ1) is 9.36. The average molecular weight is 284 g/mol. The molecule has 108 valence electrons. The molecule has 0 unspecified atom stereocenters. The normalized spacial score (nSPS) is 11.9. The number of imidazole rings is 1. The van der Waals surface area contributed by atoms with Gasteiger partial charge in [-0.3, -0.25) is 0 Å². The Morgan fingerprint density at radius 1 is 1.30 bits per heavy atom. The van der Waals surface area contributed by atoms with Gasteiger partial charge in [-0.15, -0.1) is 0 Å². The topological polar surface area (TPSA) is 27.1 Å². The van der Waals surface area contributed by atoms with Crippen LogP contribution in [0.2, 0.25) is 0 Å². The molecule has 3 nitrogen and oxygen atoms in total. The molecule has 0 aliphatic rings. The van der Waals surface area contributed by atoms with Gasteiger partial charge in [0.2, 0.25) is 0 Å². The van der Waals surface area contributed by atoms with E-state index in [1.54, 1.807) is 6.33 Å². The molecule has 0 saturated heterocycles. The van der Waals surface area contributed by atoms with Crippen LogP contribution in [-0.4, -0.2) is 9.55 Å². The molecule has 1 heterocycles. The number of halogens is 3.